The minimum absolute atomic E-state index is 0.00155. The van der Waals surface area contributed by atoms with Gasteiger partial charge in [0.2, 0.25) is 17.7 Å². The first kappa shape index (κ1) is 24.3. The van der Waals surface area contributed by atoms with E-state index in [1.165, 1.54) is 16.2 Å². The lowest BCUT2D eigenvalue weighted by molar-refractivity contribution is -0.152. The molecule has 3 amide bonds. The van der Waals surface area contributed by atoms with Gasteiger partial charge in [-0.1, -0.05) is 6.92 Å². The molecule has 2 aromatic rings. The van der Waals surface area contributed by atoms with Crippen LogP contribution >= 0.6 is 11.3 Å². The van der Waals surface area contributed by atoms with E-state index in [4.69, 9.17) is 5.73 Å². The number of hydrogen-bond donors (Lipinski definition) is 1. The van der Waals surface area contributed by atoms with E-state index in [1.807, 2.05) is 0 Å². The van der Waals surface area contributed by atoms with Gasteiger partial charge in [0.05, 0.1) is 12.2 Å². The van der Waals surface area contributed by atoms with Crippen molar-refractivity contribution in [3.05, 3.63) is 33.8 Å². The van der Waals surface area contributed by atoms with Crippen LogP contribution in [0.5, 0.6) is 0 Å². The Labute approximate surface area is 198 Å². The van der Waals surface area contributed by atoms with Crippen LogP contribution in [-0.2, 0) is 33.5 Å². The van der Waals surface area contributed by atoms with Crippen molar-refractivity contribution < 1.29 is 27.6 Å². The first-order chi connectivity index (χ1) is 16.0. The summed E-state index contributed by atoms with van der Waals surface area (Å²) in [7, 11) is 0. The largest absolute Gasteiger partial charge is 0.433 e. The van der Waals surface area contributed by atoms with E-state index in [0.717, 1.165) is 4.90 Å². The van der Waals surface area contributed by atoms with Crippen molar-refractivity contribution in [2.45, 2.75) is 51.4 Å². The maximum absolute atomic E-state index is 13.7. The van der Waals surface area contributed by atoms with Gasteiger partial charge in [-0.2, -0.15) is 24.5 Å². The van der Waals surface area contributed by atoms with Gasteiger partial charge in [-0.3, -0.25) is 19.3 Å². The zero-order valence-corrected chi connectivity index (χ0v) is 19.3. The van der Waals surface area contributed by atoms with Crippen LogP contribution in [0.3, 0.4) is 0 Å². The van der Waals surface area contributed by atoms with E-state index in [-0.39, 0.29) is 79.6 Å². The van der Waals surface area contributed by atoms with E-state index in [0.29, 0.717) is 12.0 Å². The van der Waals surface area contributed by atoms with Crippen molar-refractivity contribution in [3.63, 3.8) is 0 Å². The number of rotatable bonds is 5. The quantitative estimate of drug-likeness (QED) is 0.639. The Kier molecular flexibility index (Phi) is 6.72. The molecular formula is C22H24F3N5O3S. The maximum Gasteiger partial charge on any atom is 0.433 e. The van der Waals surface area contributed by atoms with Gasteiger partial charge in [0.1, 0.15) is 0 Å². The fourth-order valence-corrected chi connectivity index (χ4v) is 4.86. The third kappa shape index (κ3) is 4.97. The summed E-state index contributed by atoms with van der Waals surface area (Å²) in [6.45, 7) is 1.65. The van der Waals surface area contributed by atoms with Crippen LogP contribution < -0.4 is 5.73 Å². The molecule has 4 rings (SSSR count). The Morgan fingerprint density at radius 1 is 1.29 bits per heavy atom. The lowest BCUT2D eigenvalue weighted by Gasteiger charge is -2.32. The maximum atomic E-state index is 13.7. The Hall–Kier alpha value is -2.86. The number of piperidine rings is 1. The number of carbonyl (C=O) groups excluding carboxylic acids is 3. The highest BCUT2D eigenvalue weighted by Crippen LogP contribution is 2.35. The van der Waals surface area contributed by atoms with E-state index in [2.05, 4.69) is 9.97 Å². The number of nitrogens with zero attached hydrogens (tertiary/aromatic N) is 4. The van der Waals surface area contributed by atoms with E-state index >= 15 is 0 Å². The number of likely N-dealkylation sites (tertiary alicyclic amines) is 1. The third-order valence-corrected chi connectivity index (χ3v) is 6.78. The van der Waals surface area contributed by atoms with Crippen LogP contribution in [0.1, 0.15) is 43.1 Å². The number of alkyl halides is 3. The fourth-order valence-electron chi connectivity index (χ4n) is 4.23. The summed E-state index contributed by atoms with van der Waals surface area (Å²) in [5.41, 5.74) is 5.74. The van der Waals surface area contributed by atoms with Gasteiger partial charge in [-0.05, 0) is 24.3 Å². The highest BCUT2D eigenvalue weighted by Gasteiger charge is 2.39. The number of carbonyl (C=O) groups is 3. The van der Waals surface area contributed by atoms with Crippen molar-refractivity contribution in [3.8, 4) is 11.4 Å². The summed E-state index contributed by atoms with van der Waals surface area (Å²) in [5.74, 6) is -1.29. The monoisotopic (exact) mass is 495 g/mol. The van der Waals surface area contributed by atoms with Gasteiger partial charge >= 0.3 is 6.18 Å². The molecule has 34 heavy (non-hydrogen) atoms. The topological polar surface area (TPSA) is 109 Å². The van der Waals surface area contributed by atoms with Crippen molar-refractivity contribution >= 4 is 29.1 Å². The smallest absolute Gasteiger partial charge is 0.336 e. The summed E-state index contributed by atoms with van der Waals surface area (Å²) in [5, 5.41) is 3.39. The minimum atomic E-state index is -4.64. The normalized spacial score (nSPS) is 19.9. The molecule has 2 N–H and O–H groups in total. The first-order valence-electron chi connectivity index (χ1n) is 10.9. The summed E-state index contributed by atoms with van der Waals surface area (Å²) < 4.78 is 41.1. The molecule has 2 aliphatic rings. The standard InChI is InChI=1S/C22H24F3N5O3S/c1-12-2-3-17(31)30(21(12)33)9-14(26)8-18(32)29-6-4-15-16(10-29)27-20(13-5-7-34-11-13)28-19(15)22(23,24)25/h5,7,11-12,14H,2-4,6,8-10,26H2,1H3. The van der Waals surface area contributed by atoms with Crippen LogP contribution in [0.2, 0.25) is 0 Å². The minimum Gasteiger partial charge on any atom is -0.336 e. The average molecular weight is 496 g/mol. The molecule has 0 aromatic carbocycles. The second-order valence-electron chi connectivity index (χ2n) is 8.64. The Bertz CT molecular complexity index is 1110. The molecule has 0 bridgehead atoms. The molecule has 2 atom stereocenters. The van der Waals surface area contributed by atoms with Crippen LogP contribution in [-0.4, -0.2) is 56.6 Å². The molecule has 0 radical (unpaired) electrons. The number of amides is 3. The summed E-state index contributed by atoms with van der Waals surface area (Å²) in [6.07, 6.45) is -4.07. The predicted molar refractivity (Wildman–Crippen MR) is 117 cm³/mol. The molecule has 2 aromatic heterocycles. The van der Waals surface area contributed by atoms with Gasteiger partial charge < -0.3 is 10.6 Å². The Morgan fingerprint density at radius 2 is 2.06 bits per heavy atom. The van der Waals surface area contributed by atoms with Crippen LogP contribution in [0.25, 0.3) is 11.4 Å². The molecule has 4 heterocycles. The number of halogens is 3. The van der Waals surface area contributed by atoms with E-state index < -0.39 is 17.9 Å². The molecular weight excluding hydrogens is 471 g/mol. The molecule has 0 spiro atoms. The van der Waals surface area contributed by atoms with Gasteiger partial charge in [0.25, 0.3) is 0 Å². The highest BCUT2D eigenvalue weighted by atomic mass is 32.1. The van der Waals surface area contributed by atoms with Gasteiger partial charge in [0, 0.05) is 54.4 Å². The van der Waals surface area contributed by atoms with Crippen molar-refractivity contribution in [2.75, 3.05) is 13.1 Å². The molecule has 8 nitrogen and oxygen atoms in total. The molecule has 12 heteroatoms. The fraction of sp³-hybridized carbons (Fsp3) is 0.500. The van der Waals surface area contributed by atoms with Gasteiger partial charge in [0.15, 0.2) is 11.5 Å². The Balaban J connectivity index is 1.49. The third-order valence-electron chi connectivity index (χ3n) is 6.10. The van der Waals surface area contributed by atoms with Crippen molar-refractivity contribution in [1.29, 1.82) is 0 Å². The number of aromatic nitrogens is 2. The summed E-state index contributed by atoms with van der Waals surface area (Å²) in [4.78, 5) is 47.9. The molecule has 2 aliphatic heterocycles. The van der Waals surface area contributed by atoms with Gasteiger partial charge in [-0.15, -0.1) is 0 Å². The number of thiophene rings is 1. The second-order valence-corrected chi connectivity index (χ2v) is 9.42. The molecule has 0 aliphatic carbocycles. The number of hydrogen-bond acceptors (Lipinski definition) is 7. The van der Waals surface area contributed by atoms with Crippen LogP contribution in [0.15, 0.2) is 16.8 Å². The second kappa shape index (κ2) is 9.41. The predicted octanol–water partition coefficient (Wildman–Crippen LogP) is 2.61. The Morgan fingerprint density at radius 3 is 2.74 bits per heavy atom. The number of fused-ring (bicyclic) bond motifs is 1. The average Bonchev–Trinajstić information content (AvgIpc) is 3.32. The molecule has 2 unspecified atom stereocenters. The number of imide groups is 1. The lowest BCUT2D eigenvalue weighted by Crippen LogP contribution is -2.50. The molecule has 182 valence electrons. The molecule has 0 saturated carbocycles. The van der Waals surface area contributed by atoms with Crippen molar-refractivity contribution in [2.24, 2.45) is 11.7 Å². The summed E-state index contributed by atoms with van der Waals surface area (Å²) in [6, 6.07) is 0.867. The van der Waals surface area contributed by atoms with Crippen LogP contribution in [0, 0.1) is 5.92 Å². The number of nitrogens with two attached hydrogens (primary N) is 1. The van der Waals surface area contributed by atoms with E-state index in [1.54, 1.807) is 23.8 Å². The van der Waals surface area contributed by atoms with Crippen LogP contribution in [0.4, 0.5) is 13.2 Å². The van der Waals surface area contributed by atoms with E-state index in [9.17, 15) is 27.6 Å². The molecule has 1 saturated heterocycles. The lowest BCUT2D eigenvalue weighted by atomic mass is 9.97. The van der Waals surface area contributed by atoms with Gasteiger partial charge in [-0.25, -0.2) is 9.97 Å². The zero-order chi connectivity index (χ0) is 24.6. The SMILES string of the molecule is CC1CCC(=O)N(CC(N)CC(=O)N2CCc3c(nc(-c4ccsc4)nc3C(F)(F)F)C2)C1=O. The highest BCUT2D eigenvalue weighted by molar-refractivity contribution is 7.08. The zero-order valence-electron chi connectivity index (χ0n) is 18.5. The molecule has 1 fully saturated rings. The first-order valence-corrected chi connectivity index (χ1v) is 11.9. The van der Waals surface area contributed by atoms with Crippen molar-refractivity contribution in [1.82, 2.24) is 19.8 Å². The summed E-state index contributed by atoms with van der Waals surface area (Å²) >= 11 is 1.32.